The van der Waals surface area contributed by atoms with E-state index < -0.39 is 42.2 Å². The molecule has 0 radical (unpaired) electrons. The van der Waals surface area contributed by atoms with Crippen LogP contribution in [0.15, 0.2) is 121 Å². The molecular weight excluding hydrogens is 686 g/mol. The molecule has 4 aromatic rings. The third-order valence-corrected chi connectivity index (χ3v) is 8.92. The van der Waals surface area contributed by atoms with Gasteiger partial charge in [0.05, 0.1) is 51.3 Å². The molecule has 6 atom stereocenters. The minimum atomic E-state index is -1.45. The van der Waals surface area contributed by atoms with Crippen LogP contribution in [0.4, 0.5) is 0 Å². The lowest BCUT2D eigenvalue weighted by Gasteiger charge is -2.51. The van der Waals surface area contributed by atoms with E-state index in [4.69, 9.17) is 33.2 Å². The number of ether oxygens (including phenoxy) is 7. The van der Waals surface area contributed by atoms with Crippen LogP contribution in [0.2, 0.25) is 0 Å². The first-order valence-corrected chi connectivity index (χ1v) is 18.5. The molecule has 1 fully saturated rings. The van der Waals surface area contributed by atoms with E-state index in [1.807, 2.05) is 135 Å². The largest absolute Gasteiger partial charge is 0.460 e. The first-order valence-electron chi connectivity index (χ1n) is 18.5. The Morgan fingerprint density at radius 2 is 1.22 bits per heavy atom. The van der Waals surface area contributed by atoms with Crippen LogP contribution in [0, 0.1) is 0 Å². The molecule has 10 nitrogen and oxygen atoms in total. The van der Waals surface area contributed by atoms with Crippen molar-refractivity contribution in [2.45, 2.75) is 103 Å². The quantitative estimate of drug-likeness (QED) is 0.0965. The highest BCUT2D eigenvalue weighted by molar-refractivity contribution is 5.73. The lowest BCUT2D eigenvalue weighted by Crippen LogP contribution is -2.68. The van der Waals surface area contributed by atoms with Gasteiger partial charge in [-0.1, -0.05) is 121 Å². The Morgan fingerprint density at radius 3 is 1.72 bits per heavy atom. The first-order chi connectivity index (χ1) is 26.2. The molecule has 10 heteroatoms. The van der Waals surface area contributed by atoms with Crippen molar-refractivity contribution in [1.82, 2.24) is 5.32 Å². The van der Waals surface area contributed by atoms with Crippen molar-refractivity contribution in [3.8, 4) is 0 Å². The van der Waals surface area contributed by atoms with Gasteiger partial charge in [0.2, 0.25) is 11.7 Å². The Balaban J connectivity index is 1.57. The fraction of sp³-hybridized carbons (Fsp3) is 0.409. The zero-order chi connectivity index (χ0) is 38.2. The molecule has 1 aliphatic rings. The Labute approximate surface area is 319 Å². The van der Waals surface area contributed by atoms with E-state index in [9.17, 15) is 9.59 Å². The van der Waals surface area contributed by atoms with E-state index in [2.05, 4.69) is 5.32 Å². The van der Waals surface area contributed by atoms with Gasteiger partial charge in [-0.05, 0) is 36.1 Å². The number of carbonyl (C=O) groups excluding carboxylic acids is 2. The van der Waals surface area contributed by atoms with E-state index in [0.29, 0.717) is 6.61 Å². The second-order valence-electron chi connectivity index (χ2n) is 13.8. The average molecular weight is 740 g/mol. The number of hydrogen-bond acceptors (Lipinski definition) is 9. The van der Waals surface area contributed by atoms with Crippen molar-refractivity contribution in [3.63, 3.8) is 0 Å². The molecule has 0 aliphatic carbocycles. The maximum absolute atomic E-state index is 13.0. The summed E-state index contributed by atoms with van der Waals surface area (Å²) >= 11 is 0. The average Bonchev–Trinajstić information content (AvgIpc) is 3.17. The van der Waals surface area contributed by atoms with E-state index in [0.717, 1.165) is 22.3 Å². The van der Waals surface area contributed by atoms with Crippen molar-refractivity contribution < 1.29 is 42.7 Å². The maximum Gasteiger partial charge on any atom is 0.302 e. The fourth-order valence-corrected chi connectivity index (χ4v) is 6.54. The van der Waals surface area contributed by atoms with Gasteiger partial charge in [-0.25, -0.2) is 0 Å². The molecule has 1 heterocycles. The summed E-state index contributed by atoms with van der Waals surface area (Å²) in [4.78, 5) is 25.3. The number of carbonyl (C=O) groups is 2. The number of amides is 1. The molecule has 288 valence electrons. The lowest BCUT2D eigenvalue weighted by molar-refractivity contribution is -0.347. The van der Waals surface area contributed by atoms with Crippen molar-refractivity contribution in [2.24, 2.45) is 0 Å². The second kappa shape index (κ2) is 20.9. The predicted molar refractivity (Wildman–Crippen MR) is 204 cm³/mol. The molecule has 4 aromatic carbocycles. The smallest absolute Gasteiger partial charge is 0.302 e. The molecule has 54 heavy (non-hydrogen) atoms. The Kier molecular flexibility index (Phi) is 15.8. The van der Waals surface area contributed by atoms with Gasteiger partial charge in [-0.15, -0.1) is 0 Å². The molecule has 1 saturated heterocycles. The minimum Gasteiger partial charge on any atom is -0.460 e. The maximum atomic E-state index is 13.0. The third-order valence-electron chi connectivity index (χ3n) is 8.92. The van der Waals surface area contributed by atoms with E-state index in [1.54, 1.807) is 0 Å². The van der Waals surface area contributed by atoms with Crippen LogP contribution in [0.1, 0.15) is 56.4 Å². The highest BCUT2D eigenvalue weighted by Crippen LogP contribution is 2.38. The van der Waals surface area contributed by atoms with Gasteiger partial charge < -0.3 is 38.5 Å². The van der Waals surface area contributed by atoms with Crippen LogP contribution in [0.5, 0.6) is 0 Å². The van der Waals surface area contributed by atoms with E-state index >= 15 is 0 Å². The summed E-state index contributed by atoms with van der Waals surface area (Å²) in [5, 5.41) is 3.13. The van der Waals surface area contributed by atoms with Gasteiger partial charge >= 0.3 is 5.97 Å². The zero-order valence-corrected chi connectivity index (χ0v) is 31.6. The second-order valence-corrected chi connectivity index (χ2v) is 13.8. The van der Waals surface area contributed by atoms with Gasteiger partial charge in [0, 0.05) is 20.3 Å². The number of hydrogen-bond donors (Lipinski definition) is 1. The molecule has 1 amide bonds. The van der Waals surface area contributed by atoms with Crippen LogP contribution in [-0.4, -0.2) is 67.4 Å². The van der Waals surface area contributed by atoms with Gasteiger partial charge in [0.1, 0.15) is 24.9 Å². The predicted octanol–water partition coefficient (Wildman–Crippen LogP) is 6.94. The van der Waals surface area contributed by atoms with Crippen LogP contribution in [0.25, 0.3) is 0 Å². The van der Waals surface area contributed by atoms with Crippen molar-refractivity contribution in [1.29, 1.82) is 0 Å². The molecule has 0 bridgehead atoms. The first kappa shape index (κ1) is 40.8. The van der Waals surface area contributed by atoms with Crippen molar-refractivity contribution in [2.75, 3.05) is 13.2 Å². The molecule has 1 aliphatic heterocycles. The summed E-state index contributed by atoms with van der Waals surface area (Å²) in [6.07, 6.45) is -3.32. The van der Waals surface area contributed by atoms with Gasteiger partial charge in [-0.3, -0.25) is 9.59 Å². The monoisotopic (exact) mass is 739 g/mol. The van der Waals surface area contributed by atoms with E-state index in [-0.39, 0.29) is 51.5 Å². The third kappa shape index (κ3) is 12.9. The number of benzene rings is 4. The molecular formula is C44H53NO9. The molecule has 1 N–H and O–H groups in total. The molecule has 0 aromatic heterocycles. The summed E-state index contributed by atoms with van der Waals surface area (Å²) in [6.45, 7) is 7.57. The number of esters is 1. The summed E-state index contributed by atoms with van der Waals surface area (Å²) in [5.41, 5.74) is 3.86. The lowest BCUT2D eigenvalue weighted by atomic mass is 9.88. The molecule has 0 saturated carbocycles. The van der Waals surface area contributed by atoms with Crippen LogP contribution in [0.3, 0.4) is 0 Å². The highest BCUT2D eigenvalue weighted by Gasteiger charge is 2.54. The topological polar surface area (TPSA) is 111 Å². The number of nitrogens with one attached hydrogen (secondary N) is 1. The van der Waals surface area contributed by atoms with Crippen LogP contribution in [-0.2, 0) is 69.2 Å². The van der Waals surface area contributed by atoms with Gasteiger partial charge in [0.15, 0.2) is 0 Å². The van der Waals surface area contributed by atoms with Crippen LogP contribution >= 0.6 is 0 Å². The van der Waals surface area contributed by atoms with Gasteiger partial charge in [0.25, 0.3) is 0 Å². The summed E-state index contributed by atoms with van der Waals surface area (Å²) in [7, 11) is 0. The normalized spacial score (nSPS) is 20.9. The summed E-state index contributed by atoms with van der Waals surface area (Å²) in [6, 6.07) is 38.6. The Bertz CT molecular complexity index is 1680. The summed E-state index contributed by atoms with van der Waals surface area (Å²) < 4.78 is 45.8. The summed E-state index contributed by atoms with van der Waals surface area (Å²) in [5.74, 6) is -2.21. The standard InChI is InChI=1S/C44H53NO9/c1-32(2)53-44(31-52-34(4)47)25-39(49-27-36-19-11-6-12-20-36)41(45-33(3)46)43(54-44)42(51-29-38-23-15-8-16-24-38)40(50-28-37-21-13-7-14-22-37)30-48-26-35-17-9-5-10-18-35/h5-24,32,39-43H,25-31H2,1-4H3,(H,45,46)/t39-,40+,41+,42+,43+,44-/m0/s1. The minimum absolute atomic E-state index is 0.130. The fourth-order valence-electron chi connectivity index (χ4n) is 6.54. The van der Waals surface area contributed by atoms with E-state index in [1.165, 1.54) is 13.8 Å². The highest BCUT2D eigenvalue weighted by atomic mass is 16.7. The van der Waals surface area contributed by atoms with Gasteiger partial charge in [-0.2, -0.15) is 0 Å². The van der Waals surface area contributed by atoms with Crippen LogP contribution < -0.4 is 5.32 Å². The SMILES string of the molecule is CC(=O)N[C@H]1[C@H]([C@H](OCc2ccccc2)[C@@H](COCc2ccccc2)OCc2ccccc2)O[C@@](COC(C)=O)(OC(C)C)C[C@@H]1OCc1ccccc1. The molecule has 0 spiro atoms. The number of rotatable bonds is 20. The molecule has 0 unspecified atom stereocenters. The Hall–Kier alpha value is -4.42. The zero-order valence-electron chi connectivity index (χ0n) is 31.6. The molecule has 5 rings (SSSR count). The Morgan fingerprint density at radius 1 is 0.722 bits per heavy atom. The van der Waals surface area contributed by atoms with Crippen molar-refractivity contribution >= 4 is 11.9 Å². The van der Waals surface area contributed by atoms with Crippen molar-refractivity contribution in [3.05, 3.63) is 144 Å².